The molecule has 110 valence electrons. The van der Waals surface area contributed by atoms with Gasteiger partial charge in [-0.1, -0.05) is 44.2 Å². The van der Waals surface area contributed by atoms with Crippen molar-refractivity contribution in [1.29, 1.82) is 0 Å². The highest BCUT2D eigenvalue weighted by atomic mass is 16.5. The third kappa shape index (κ3) is 2.88. The fourth-order valence-electron chi connectivity index (χ4n) is 2.52. The van der Waals surface area contributed by atoms with E-state index in [0.717, 1.165) is 17.1 Å². The van der Waals surface area contributed by atoms with Crippen molar-refractivity contribution in [3.63, 3.8) is 0 Å². The lowest BCUT2D eigenvalue weighted by atomic mass is 10.0. The van der Waals surface area contributed by atoms with E-state index in [1.165, 1.54) is 5.56 Å². The van der Waals surface area contributed by atoms with Crippen LogP contribution >= 0.6 is 0 Å². The third-order valence-corrected chi connectivity index (χ3v) is 3.83. The number of fused-ring (bicyclic) bond motifs is 1. The molecule has 0 saturated heterocycles. The van der Waals surface area contributed by atoms with Crippen molar-refractivity contribution in [1.82, 2.24) is 0 Å². The average Bonchev–Trinajstić information content (AvgIpc) is 2.51. The van der Waals surface area contributed by atoms with E-state index in [-0.39, 0.29) is 6.10 Å². The third-order valence-electron chi connectivity index (χ3n) is 3.83. The first-order valence-electron chi connectivity index (χ1n) is 7.31. The van der Waals surface area contributed by atoms with Crippen LogP contribution in [0.5, 0.6) is 11.5 Å². The zero-order valence-corrected chi connectivity index (χ0v) is 12.3. The van der Waals surface area contributed by atoms with E-state index in [1.54, 1.807) is 0 Å². The molecule has 2 aromatic rings. The summed E-state index contributed by atoms with van der Waals surface area (Å²) in [6, 6.07) is 15.5. The van der Waals surface area contributed by atoms with E-state index in [1.807, 2.05) is 36.4 Å². The number of ether oxygens (including phenoxy) is 2. The van der Waals surface area contributed by atoms with Gasteiger partial charge in [-0.2, -0.15) is 0 Å². The molecule has 0 fully saturated rings. The molecule has 0 aromatic heterocycles. The Balaban J connectivity index is 1.74. The first-order chi connectivity index (χ1) is 10.1. The predicted octanol–water partition coefficient (Wildman–Crippen LogP) is 3.68. The highest BCUT2D eigenvalue weighted by Gasteiger charge is 2.30. The van der Waals surface area contributed by atoms with Crippen molar-refractivity contribution >= 4 is 0 Å². The first kappa shape index (κ1) is 14.0. The fraction of sp³-hybridized carbons (Fsp3) is 0.333. The number of aliphatic hydroxyl groups excluding tert-OH is 1. The Bertz CT molecular complexity index is 604. The summed E-state index contributed by atoms with van der Waals surface area (Å²) in [7, 11) is 0. The summed E-state index contributed by atoms with van der Waals surface area (Å²) in [5, 5.41) is 10.4. The van der Waals surface area contributed by atoms with Gasteiger partial charge in [0.05, 0.1) is 0 Å². The van der Waals surface area contributed by atoms with Crippen LogP contribution in [-0.2, 0) is 0 Å². The van der Waals surface area contributed by atoms with Crippen LogP contribution < -0.4 is 9.47 Å². The van der Waals surface area contributed by atoms with Crippen LogP contribution in [0.2, 0.25) is 0 Å². The van der Waals surface area contributed by atoms with Gasteiger partial charge in [0.2, 0.25) is 0 Å². The topological polar surface area (TPSA) is 38.7 Å². The Labute approximate surface area is 125 Å². The smallest absolute Gasteiger partial charge is 0.163 e. The minimum Gasteiger partial charge on any atom is -0.489 e. The van der Waals surface area contributed by atoms with Crippen LogP contribution in [0.4, 0.5) is 0 Å². The van der Waals surface area contributed by atoms with Crippen molar-refractivity contribution < 1.29 is 14.6 Å². The summed E-state index contributed by atoms with van der Waals surface area (Å²) in [5.41, 5.74) is 2.06. The molecule has 1 aliphatic heterocycles. The Hall–Kier alpha value is -2.00. The van der Waals surface area contributed by atoms with Crippen LogP contribution in [-0.4, -0.2) is 17.8 Å². The number of aliphatic hydroxyl groups is 1. The van der Waals surface area contributed by atoms with Crippen molar-refractivity contribution in [2.75, 3.05) is 6.61 Å². The molecule has 0 bridgehead atoms. The van der Waals surface area contributed by atoms with E-state index in [4.69, 9.17) is 9.47 Å². The van der Waals surface area contributed by atoms with E-state index in [0.29, 0.717) is 12.5 Å². The molecule has 21 heavy (non-hydrogen) atoms. The van der Waals surface area contributed by atoms with Crippen molar-refractivity contribution in [3.8, 4) is 11.5 Å². The average molecular weight is 284 g/mol. The predicted molar refractivity (Wildman–Crippen MR) is 81.8 cm³/mol. The second kappa shape index (κ2) is 5.78. The van der Waals surface area contributed by atoms with Gasteiger partial charge in [-0.15, -0.1) is 0 Å². The SMILES string of the molecule is CC(C)c1ccc(OC2COc3ccccc3C2O)cc1. The molecule has 0 spiro atoms. The molecule has 3 heteroatoms. The number of hydrogen-bond acceptors (Lipinski definition) is 3. The van der Waals surface area contributed by atoms with Gasteiger partial charge in [0.1, 0.15) is 24.2 Å². The Morgan fingerprint density at radius 1 is 1.10 bits per heavy atom. The van der Waals surface area contributed by atoms with Crippen LogP contribution in [0.3, 0.4) is 0 Å². The Morgan fingerprint density at radius 2 is 1.81 bits per heavy atom. The molecule has 3 nitrogen and oxygen atoms in total. The highest BCUT2D eigenvalue weighted by molar-refractivity contribution is 5.38. The highest BCUT2D eigenvalue weighted by Crippen LogP contribution is 2.33. The van der Waals surface area contributed by atoms with Gasteiger partial charge in [0, 0.05) is 5.56 Å². The first-order valence-corrected chi connectivity index (χ1v) is 7.31. The molecular weight excluding hydrogens is 264 g/mol. The lowest BCUT2D eigenvalue weighted by molar-refractivity contribution is -0.0102. The zero-order valence-electron chi connectivity index (χ0n) is 12.3. The summed E-state index contributed by atoms with van der Waals surface area (Å²) < 4.78 is 11.5. The number of hydrogen-bond donors (Lipinski definition) is 1. The quantitative estimate of drug-likeness (QED) is 0.934. The van der Waals surface area contributed by atoms with Crippen LogP contribution in [0.15, 0.2) is 48.5 Å². The largest absolute Gasteiger partial charge is 0.489 e. The van der Waals surface area contributed by atoms with Gasteiger partial charge < -0.3 is 14.6 Å². The summed E-state index contributed by atoms with van der Waals surface area (Å²) in [6.45, 7) is 4.67. The minimum atomic E-state index is -0.667. The molecule has 2 atom stereocenters. The van der Waals surface area contributed by atoms with Gasteiger partial charge in [-0.05, 0) is 29.7 Å². The number of rotatable bonds is 3. The summed E-state index contributed by atoms with van der Waals surface area (Å²) in [5.74, 6) is 1.99. The standard InChI is InChI=1S/C18H20O3/c1-12(2)13-7-9-14(10-8-13)21-17-11-20-16-6-4-3-5-15(16)18(17)19/h3-10,12,17-19H,11H2,1-2H3. The molecule has 2 aromatic carbocycles. The lowest BCUT2D eigenvalue weighted by Crippen LogP contribution is -2.35. The molecule has 1 heterocycles. The Kier molecular flexibility index (Phi) is 3.84. The van der Waals surface area contributed by atoms with Crippen molar-refractivity contribution in [3.05, 3.63) is 59.7 Å². The van der Waals surface area contributed by atoms with Gasteiger partial charge in [-0.25, -0.2) is 0 Å². The fourth-order valence-corrected chi connectivity index (χ4v) is 2.52. The van der Waals surface area contributed by atoms with Crippen LogP contribution in [0.1, 0.15) is 37.0 Å². The van der Waals surface area contributed by atoms with Crippen molar-refractivity contribution in [2.24, 2.45) is 0 Å². The van der Waals surface area contributed by atoms with Crippen LogP contribution in [0.25, 0.3) is 0 Å². The monoisotopic (exact) mass is 284 g/mol. The Morgan fingerprint density at radius 3 is 2.52 bits per heavy atom. The molecule has 1 N–H and O–H groups in total. The molecule has 1 aliphatic rings. The lowest BCUT2D eigenvalue weighted by Gasteiger charge is -2.30. The number of para-hydroxylation sites is 1. The molecule has 0 amide bonds. The summed E-state index contributed by atoms with van der Waals surface area (Å²) in [6.07, 6.45) is -1.05. The second-order valence-corrected chi connectivity index (χ2v) is 5.67. The molecule has 0 radical (unpaired) electrons. The summed E-state index contributed by atoms with van der Waals surface area (Å²) >= 11 is 0. The molecular formula is C18H20O3. The second-order valence-electron chi connectivity index (χ2n) is 5.67. The van der Waals surface area contributed by atoms with E-state index in [9.17, 15) is 5.11 Å². The maximum absolute atomic E-state index is 10.4. The van der Waals surface area contributed by atoms with Gasteiger partial charge in [0.25, 0.3) is 0 Å². The van der Waals surface area contributed by atoms with Gasteiger partial charge in [0.15, 0.2) is 6.10 Å². The molecule has 0 aliphatic carbocycles. The van der Waals surface area contributed by atoms with E-state index >= 15 is 0 Å². The molecule has 2 unspecified atom stereocenters. The number of benzene rings is 2. The van der Waals surface area contributed by atoms with E-state index < -0.39 is 6.10 Å². The maximum atomic E-state index is 10.4. The van der Waals surface area contributed by atoms with Crippen molar-refractivity contribution in [2.45, 2.75) is 32.0 Å². The van der Waals surface area contributed by atoms with Crippen LogP contribution in [0, 0.1) is 0 Å². The molecule has 0 saturated carbocycles. The molecule has 3 rings (SSSR count). The zero-order chi connectivity index (χ0) is 14.8. The van der Waals surface area contributed by atoms with Gasteiger partial charge >= 0.3 is 0 Å². The van der Waals surface area contributed by atoms with E-state index in [2.05, 4.69) is 26.0 Å². The summed E-state index contributed by atoms with van der Waals surface area (Å²) in [4.78, 5) is 0. The van der Waals surface area contributed by atoms with Gasteiger partial charge in [-0.3, -0.25) is 0 Å². The minimum absolute atomic E-state index is 0.351. The maximum Gasteiger partial charge on any atom is 0.163 e. The normalized spacial score (nSPS) is 20.8.